The zero-order valence-corrected chi connectivity index (χ0v) is 15.0. The van der Waals surface area contributed by atoms with Crippen molar-refractivity contribution < 1.29 is 4.79 Å². The first-order valence-corrected chi connectivity index (χ1v) is 9.02. The molecule has 7 heteroatoms. The normalized spacial score (nSPS) is 10.6. The number of carbonyl (C=O) groups excluding carboxylic acids is 1. The number of carbonyl (C=O) groups is 1. The monoisotopic (exact) mass is 353 g/mol. The van der Waals surface area contributed by atoms with Gasteiger partial charge in [-0.15, -0.1) is 5.10 Å². The summed E-state index contributed by atoms with van der Waals surface area (Å²) in [7, 11) is 0. The maximum absolute atomic E-state index is 12.2. The Bertz CT molecular complexity index is 860. The number of amides is 1. The van der Waals surface area contributed by atoms with Crippen molar-refractivity contribution in [3.8, 4) is 5.69 Å². The molecule has 1 heterocycles. The van der Waals surface area contributed by atoms with Crippen molar-refractivity contribution in [2.24, 2.45) is 0 Å². The average Bonchev–Trinajstić information content (AvgIpc) is 3.09. The average molecular weight is 353 g/mol. The number of anilines is 1. The second-order valence-electron chi connectivity index (χ2n) is 5.55. The third-order valence-corrected chi connectivity index (χ3v) is 4.68. The molecule has 0 atom stereocenters. The highest BCUT2D eigenvalue weighted by atomic mass is 32.2. The van der Waals surface area contributed by atoms with E-state index in [9.17, 15) is 4.79 Å². The van der Waals surface area contributed by atoms with E-state index in [1.54, 1.807) is 4.68 Å². The number of para-hydroxylation sites is 1. The third kappa shape index (κ3) is 4.24. The smallest absolute Gasteiger partial charge is 0.234 e. The molecule has 2 aromatic carbocycles. The lowest BCUT2D eigenvalue weighted by Crippen LogP contribution is -2.14. The topological polar surface area (TPSA) is 72.7 Å². The second kappa shape index (κ2) is 7.94. The molecule has 1 N–H and O–H groups in total. The lowest BCUT2D eigenvalue weighted by atomic mass is 10.1. The Balaban J connectivity index is 1.63. The molecular weight excluding hydrogens is 334 g/mol. The molecule has 0 saturated heterocycles. The summed E-state index contributed by atoms with van der Waals surface area (Å²) in [5, 5.41) is 15.3. The number of nitrogens with one attached hydrogen (secondary N) is 1. The van der Waals surface area contributed by atoms with Gasteiger partial charge in [0.15, 0.2) is 0 Å². The van der Waals surface area contributed by atoms with Gasteiger partial charge < -0.3 is 5.32 Å². The summed E-state index contributed by atoms with van der Waals surface area (Å²) >= 11 is 1.31. The van der Waals surface area contributed by atoms with Crippen LogP contribution < -0.4 is 5.32 Å². The van der Waals surface area contributed by atoms with Crippen molar-refractivity contribution in [2.45, 2.75) is 25.4 Å². The Morgan fingerprint density at radius 2 is 1.92 bits per heavy atom. The molecule has 3 aromatic rings. The third-order valence-electron chi connectivity index (χ3n) is 3.76. The molecule has 0 spiro atoms. The molecule has 0 unspecified atom stereocenters. The number of nitrogens with zero attached hydrogens (tertiary/aromatic N) is 4. The molecular formula is C18H19N5OS. The Labute approximate surface area is 150 Å². The van der Waals surface area contributed by atoms with Gasteiger partial charge in [-0.3, -0.25) is 4.79 Å². The predicted molar refractivity (Wildman–Crippen MR) is 99.1 cm³/mol. The quantitative estimate of drug-likeness (QED) is 0.689. The van der Waals surface area contributed by atoms with Crippen LogP contribution in [0.15, 0.2) is 53.7 Å². The Morgan fingerprint density at radius 1 is 1.16 bits per heavy atom. The Morgan fingerprint density at radius 3 is 2.64 bits per heavy atom. The molecule has 1 amide bonds. The van der Waals surface area contributed by atoms with E-state index in [1.807, 2.05) is 55.5 Å². The largest absolute Gasteiger partial charge is 0.325 e. The van der Waals surface area contributed by atoms with Crippen molar-refractivity contribution in [3.05, 3.63) is 59.7 Å². The van der Waals surface area contributed by atoms with E-state index < -0.39 is 0 Å². The van der Waals surface area contributed by atoms with Crippen molar-refractivity contribution in [3.63, 3.8) is 0 Å². The van der Waals surface area contributed by atoms with E-state index in [1.165, 1.54) is 17.3 Å². The van der Waals surface area contributed by atoms with Crippen LogP contribution in [0, 0.1) is 6.92 Å². The van der Waals surface area contributed by atoms with Crippen LogP contribution >= 0.6 is 11.8 Å². The van der Waals surface area contributed by atoms with Crippen molar-refractivity contribution >= 4 is 23.4 Å². The molecule has 0 fully saturated rings. The maximum Gasteiger partial charge on any atom is 0.234 e. The van der Waals surface area contributed by atoms with Crippen molar-refractivity contribution in [1.82, 2.24) is 20.2 Å². The number of thioether (sulfide) groups is 1. The molecule has 1 aromatic heterocycles. The van der Waals surface area contributed by atoms with Gasteiger partial charge in [-0.05, 0) is 53.1 Å². The zero-order chi connectivity index (χ0) is 17.6. The highest BCUT2D eigenvalue weighted by molar-refractivity contribution is 7.99. The zero-order valence-electron chi connectivity index (χ0n) is 14.1. The van der Waals surface area contributed by atoms with Gasteiger partial charge in [-0.2, -0.15) is 4.68 Å². The molecule has 0 aliphatic carbocycles. The first kappa shape index (κ1) is 17.2. The number of benzene rings is 2. The number of hydrogen-bond acceptors (Lipinski definition) is 5. The van der Waals surface area contributed by atoms with Crippen LogP contribution in [0.2, 0.25) is 0 Å². The molecule has 0 saturated carbocycles. The fourth-order valence-corrected chi connectivity index (χ4v) is 3.06. The minimum absolute atomic E-state index is 0.0893. The maximum atomic E-state index is 12.2. The van der Waals surface area contributed by atoms with E-state index in [0.717, 1.165) is 23.4 Å². The molecule has 3 rings (SSSR count). The fourth-order valence-electron chi connectivity index (χ4n) is 2.37. The summed E-state index contributed by atoms with van der Waals surface area (Å²) in [4.78, 5) is 12.2. The minimum Gasteiger partial charge on any atom is -0.325 e. The molecule has 0 bridgehead atoms. The van der Waals surface area contributed by atoms with Gasteiger partial charge in [0.25, 0.3) is 0 Å². The Hall–Kier alpha value is -2.67. The van der Waals surface area contributed by atoms with Crippen LogP contribution in [0.1, 0.15) is 18.1 Å². The minimum atomic E-state index is -0.0893. The molecule has 0 aliphatic heterocycles. The molecule has 0 radical (unpaired) electrons. The van der Waals surface area contributed by atoms with E-state index in [2.05, 4.69) is 27.8 Å². The van der Waals surface area contributed by atoms with Crippen LogP contribution in [0.5, 0.6) is 0 Å². The van der Waals surface area contributed by atoms with E-state index >= 15 is 0 Å². The van der Waals surface area contributed by atoms with Crippen LogP contribution in [0.4, 0.5) is 5.69 Å². The Kier molecular flexibility index (Phi) is 5.45. The highest BCUT2D eigenvalue weighted by Gasteiger charge is 2.13. The lowest BCUT2D eigenvalue weighted by Gasteiger charge is -2.08. The second-order valence-corrected chi connectivity index (χ2v) is 6.49. The summed E-state index contributed by atoms with van der Waals surface area (Å²) in [6.45, 7) is 4.10. The first-order valence-electron chi connectivity index (χ1n) is 8.03. The predicted octanol–water partition coefficient (Wildman–Crippen LogP) is 3.26. The summed E-state index contributed by atoms with van der Waals surface area (Å²) < 4.78 is 1.66. The number of aryl methyl sites for hydroxylation is 2. The molecule has 0 aliphatic rings. The van der Waals surface area contributed by atoms with Crippen LogP contribution in [0.3, 0.4) is 0 Å². The van der Waals surface area contributed by atoms with Crippen LogP contribution in [-0.2, 0) is 11.2 Å². The number of hydrogen-bond donors (Lipinski definition) is 1. The van der Waals surface area contributed by atoms with Crippen molar-refractivity contribution in [2.75, 3.05) is 11.1 Å². The van der Waals surface area contributed by atoms with Crippen molar-refractivity contribution in [1.29, 1.82) is 0 Å². The van der Waals surface area contributed by atoms with Gasteiger partial charge in [-0.1, -0.05) is 49.0 Å². The summed E-state index contributed by atoms with van der Waals surface area (Å²) in [6, 6.07) is 15.7. The van der Waals surface area contributed by atoms with E-state index in [0.29, 0.717) is 5.16 Å². The highest BCUT2D eigenvalue weighted by Crippen LogP contribution is 2.20. The summed E-state index contributed by atoms with van der Waals surface area (Å²) in [6.07, 6.45) is 0.978. The fraction of sp³-hybridized carbons (Fsp3) is 0.222. The van der Waals surface area contributed by atoms with Gasteiger partial charge in [0.05, 0.1) is 11.4 Å². The summed E-state index contributed by atoms with van der Waals surface area (Å²) in [5.41, 5.74) is 4.01. The van der Waals surface area contributed by atoms with E-state index in [-0.39, 0.29) is 11.7 Å². The van der Waals surface area contributed by atoms with Gasteiger partial charge >= 0.3 is 0 Å². The van der Waals surface area contributed by atoms with E-state index in [4.69, 9.17) is 0 Å². The van der Waals surface area contributed by atoms with Crippen LogP contribution in [-0.4, -0.2) is 31.9 Å². The number of rotatable bonds is 6. The number of aromatic nitrogens is 4. The lowest BCUT2D eigenvalue weighted by molar-refractivity contribution is -0.113. The van der Waals surface area contributed by atoms with Gasteiger partial charge in [0, 0.05) is 5.69 Å². The SMILES string of the molecule is CCc1ccc(NC(=O)CSc2nnnn2-c2ccccc2C)cc1. The van der Waals surface area contributed by atoms with Gasteiger partial charge in [0.2, 0.25) is 11.1 Å². The molecule has 25 heavy (non-hydrogen) atoms. The molecule has 128 valence electrons. The summed E-state index contributed by atoms with van der Waals surface area (Å²) in [5.74, 6) is 0.149. The number of tetrazole rings is 1. The van der Waals surface area contributed by atoms with Gasteiger partial charge in [-0.25, -0.2) is 0 Å². The standard InChI is InChI=1S/C18H19N5OS/c1-3-14-8-10-15(11-9-14)19-17(24)12-25-18-20-21-22-23(18)16-7-5-4-6-13(16)2/h4-11H,3,12H2,1-2H3,(H,19,24). The molecule has 6 nitrogen and oxygen atoms in total. The van der Waals surface area contributed by atoms with Crippen LogP contribution in [0.25, 0.3) is 5.69 Å². The first-order chi connectivity index (χ1) is 12.2. The van der Waals surface area contributed by atoms with Gasteiger partial charge in [0.1, 0.15) is 0 Å².